The fourth-order valence-electron chi connectivity index (χ4n) is 1.48. The molecule has 2 rings (SSSR count). The van der Waals surface area contributed by atoms with E-state index >= 15 is 0 Å². The largest absolute Gasteiger partial charge is 0.314 e. The van der Waals surface area contributed by atoms with Crippen molar-refractivity contribution in [1.82, 2.24) is 15.5 Å². The summed E-state index contributed by atoms with van der Waals surface area (Å²) in [7, 11) is -3.29. The van der Waals surface area contributed by atoms with E-state index in [0.29, 0.717) is 17.6 Å². The van der Waals surface area contributed by atoms with E-state index in [4.69, 9.17) is 0 Å². The molecule has 0 radical (unpaired) electrons. The van der Waals surface area contributed by atoms with Gasteiger partial charge in [0.2, 0.25) is 15.2 Å². The SMILES string of the molecule is CCc1nnc(NS(=O)(=O)CCCNC2CC2)s1. The average molecular weight is 290 g/mol. The lowest BCUT2D eigenvalue weighted by Gasteiger charge is -2.05. The number of hydrogen-bond donors (Lipinski definition) is 2. The number of hydrogen-bond acceptors (Lipinski definition) is 6. The zero-order valence-electron chi connectivity index (χ0n) is 10.3. The first-order chi connectivity index (χ1) is 8.59. The molecule has 0 atom stereocenters. The Kier molecular flexibility index (Phi) is 4.52. The Morgan fingerprint density at radius 1 is 1.39 bits per heavy atom. The third-order valence-electron chi connectivity index (χ3n) is 2.61. The van der Waals surface area contributed by atoms with Gasteiger partial charge in [-0.2, -0.15) is 0 Å². The highest BCUT2D eigenvalue weighted by atomic mass is 32.2. The zero-order valence-corrected chi connectivity index (χ0v) is 12.0. The van der Waals surface area contributed by atoms with Crippen LogP contribution in [0.15, 0.2) is 0 Å². The molecule has 102 valence electrons. The summed E-state index contributed by atoms with van der Waals surface area (Å²) in [5, 5.41) is 12.2. The molecule has 1 saturated carbocycles. The van der Waals surface area contributed by atoms with Crippen molar-refractivity contribution in [2.75, 3.05) is 17.0 Å². The summed E-state index contributed by atoms with van der Waals surface area (Å²) in [6.45, 7) is 2.71. The minimum absolute atomic E-state index is 0.119. The van der Waals surface area contributed by atoms with Crippen LogP contribution < -0.4 is 10.0 Å². The summed E-state index contributed by atoms with van der Waals surface area (Å²) in [5.74, 6) is 0.119. The smallest absolute Gasteiger partial charge is 0.234 e. The quantitative estimate of drug-likeness (QED) is 0.697. The van der Waals surface area contributed by atoms with Crippen molar-refractivity contribution < 1.29 is 8.42 Å². The second kappa shape index (κ2) is 5.94. The summed E-state index contributed by atoms with van der Waals surface area (Å²) in [5.41, 5.74) is 0. The number of nitrogens with one attached hydrogen (secondary N) is 2. The lowest BCUT2D eigenvalue weighted by molar-refractivity contribution is 0.593. The molecule has 0 aliphatic heterocycles. The van der Waals surface area contributed by atoms with Crippen molar-refractivity contribution in [3.8, 4) is 0 Å². The number of nitrogens with zero attached hydrogens (tertiary/aromatic N) is 2. The average Bonchev–Trinajstić information content (AvgIpc) is 3.04. The van der Waals surface area contributed by atoms with E-state index in [1.54, 1.807) is 0 Å². The van der Waals surface area contributed by atoms with E-state index in [1.807, 2.05) is 6.92 Å². The molecule has 0 spiro atoms. The van der Waals surface area contributed by atoms with E-state index < -0.39 is 10.0 Å². The molecule has 1 aliphatic carbocycles. The van der Waals surface area contributed by atoms with Gasteiger partial charge in [-0.15, -0.1) is 10.2 Å². The first kappa shape index (κ1) is 13.7. The van der Waals surface area contributed by atoms with Gasteiger partial charge in [-0.05, 0) is 32.2 Å². The molecule has 0 amide bonds. The van der Waals surface area contributed by atoms with Gasteiger partial charge in [0, 0.05) is 6.04 Å². The van der Waals surface area contributed by atoms with E-state index in [1.165, 1.54) is 24.2 Å². The summed E-state index contributed by atoms with van der Waals surface area (Å²) < 4.78 is 26.0. The Morgan fingerprint density at radius 3 is 2.78 bits per heavy atom. The van der Waals surface area contributed by atoms with Gasteiger partial charge >= 0.3 is 0 Å². The number of anilines is 1. The number of aromatic nitrogens is 2. The maximum Gasteiger partial charge on any atom is 0.234 e. The number of sulfonamides is 1. The van der Waals surface area contributed by atoms with Gasteiger partial charge in [-0.1, -0.05) is 18.3 Å². The van der Waals surface area contributed by atoms with E-state index in [0.717, 1.165) is 18.0 Å². The minimum Gasteiger partial charge on any atom is -0.314 e. The Bertz CT molecular complexity index is 482. The molecule has 1 aromatic heterocycles. The Labute approximate surface area is 111 Å². The normalized spacial score (nSPS) is 15.8. The lowest BCUT2D eigenvalue weighted by atomic mass is 10.5. The van der Waals surface area contributed by atoms with Crippen LogP contribution in [0.25, 0.3) is 0 Å². The molecule has 1 heterocycles. The maximum atomic E-state index is 11.8. The van der Waals surface area contributed by atoms with Crippen LogP contribution in [-0.2, 0) is 16.4 Å². The van der Waals surface area contributed by atoms with Crippen LogP contribution >= 0.6 is 11.3 Å². The van der Waals surface area contributed by atoms with Crippen LogP contribution in [-0.4, -0.2) is 37.0 Å². The zero-order chi connectivity index (χ0) is 13.0. The van der Waals surface area contributed by atoms with Gasteiger partial charge in [0.05, 0.1) is 5.75 Å². The van der Waals surface area contributed by atoms with Crippen molar-refractivity contribution in [3.05, 3.63) is 5.01 Å². The predicted molar refractivity (Wildman–Crippen MR) is 72.3 cm³/mol. The topological polar surface area (TPSA) is 84.0 Å². The summed E-state index contributed by atoms with van der Waals surface area (Å²) >= 11 is 1.29. The summed E-state index contributed by atoms with van der Waals surface area (Å²) in [6.07, 6.45) is 3.82. The fraction of sp³-hybridized carbons (Fsp3) is 0.800. The first-order valence-electron chi connectivity index (χ1n) is 6.15. The maximum absolute atomic E-state index is 11.8. The van der Waals surface area contributed by atoms with Crippen molar-refractivity contribution in [2.45, 2.75) is 38.6 Å². The summed E-state index contributed by atoms with van der Waals surface area (Å²) in [6, 6.07) is 0.621. The van der Waals surface area contributed by atoms with Gasteiger partial charge in [0.15, 0.2) is 0 Å². The molecule has 0 bridgehead atoms. The monoisotopic (exact) mass is 290 g/mol. The number of aryl methyl sites for hydroxylation is 1. The Morgan fingerprint density at radius 2 is 2.17 bits per heavy atom. The van der Waals surface area contributed by atoms with Crippen LogP contribution in [0.2, 0.25) is 0 Å². The molecule has 18 heavy (non-hydrogen) atoms. The van der Waals surface area contributed by atoms with Crippen molar-refractivity contribution in [1.29, 1.82) is 0 Å². The fourth-order valence-corrected chi connectivity index (χ4v) is 3.49. The molecule has 0 aromatic carbocycles. The Balaban J connectivity index is 1.74. The van der Waals surface area contributed by atoms with Crippen molar-refractivity contribution in [3.63, 3.8) is 0 Å². The summed E-state index contributed by atoms with van der Waals surface area (Å²) in [4.78, 5) is 0. The van der Waals surface area contributed by atoms with E-state index in [9.17, 15) is 8.42 Å². The second-order valence-electron chi connectivity index (χ2n) is 4.36. The highest BCUT2D eigenvalue weighted by Gasteiger charge is 2.20. The molecule has 6 nitrogen and oxygen atoms in total. The third-order valence-corrected chi connectivity index (χ3v) is 5.06. The Hall–Kier alpha value is -0.730. The molecule has 1 aromatic rings. The van der Waals surface area contributed by atoms with Crippen LogP contribution in [0.4, 0.5) is 5.13 Å². The molecule has 2 N–H and O–H groups in total. The first-order valence-corrected chi connectivity index (χ1v) is 8.62. The highest BCUT2D eigenvalue weighted by Crippen LogP contribution is 2.19. The third kappa shape index (κ3) is 4.51. The van der Waals surface area contributed by atoms with Crippen LogP contribution in [0.5, 0.6) is 0 Å². The van der Waals surface area contributed by atoms with E-state index in [2.05, 4.69) is 20.2 Å². The van der Waals surface area contributed by atoms with Gasteiger partial charge in [-0.25, -0.2) is 8.42 Å². The van der Waals surface area contributed by atoms with Crippen LogP contribution in [0.1, 0.15) is 31.2 Å². The molecule has 0 unspecified atom stereocenters. The standard InChI is InChI=1S/C10H18N4O2S2/c1-2-9-12-13-10(17-9)14-18(15,16)7-3-6-11-8-4-5-8/h8,11H,2-7H2,1H3,(H,13,14). The number of rotatable bonds is 8. The molecular formula is C10H18N4O2S2. The van der Waals surface area contributed by atoms with Gasteiger partial charge < -0.3 is 5.32 Å². The second-order valence-corrected chi connectivity index (χ2v) is 7.26. The van der Waals surface area contributed by atoms with Crippen LogP contribution in [0, 0.1) is 0 Å². The van der Waals surface area contributed by atoms with Gasteiger partial charge in [0.25, 0.3) is 0 Å². The van der Waals surface area contributed by atoms with Gasteiger partial charge in [0.1, 0.15) is 5.01 Å². The molecule has 8 heteroatoms. The molecule has 0 saturated heterocycles. The van der Waals surface area contributed by atoms with Crippen LogP contribution in [0.3, 0.4) is 0 Å². The molecule has 1 fully saturated rings. The van der Waals surface area contributed by atoms with E-state index in [-0.39, 0.29) is 5.75 Å². The highest BCUT2D eigenvalue weighted by molar-refractivity contribution is 7.92. The minimum atomic E-state index is -3.29. The molecular weight excluding hydrogens is 272 g/mol. The van der Waals surface area contributed by atoms with Gasteiger partial charge in [-0.3, -0.25) is 4.72 Å². The molecule has 1 aliphatic rings. The van der Waals surface area contributed by atoms with Crippen molar-refractivity contribution >= 4 is 26.5 Å². The van der Waals surface area contributed by atoms with Crippen molar-refractivity contribution in [2.24, 2.45) is 0 Å². The predicted octanol–water partition coefficient (Wildman–Crippen LogP) is 0.984. The lowest BCUT2D eigenvalue weighted by Crippen LogP contribution is -2.23.